The van der Waals surface area contributed by atoms with Gasteiger partial charge in [-0.25, -0.2) is 52.8 Å². The number of carbonyl (C=O) groups excluding carboxylic acids is 8. The third-order valence-corrected chi connectivity index (χ3v) is 28.1. The number of rotatable bonds is 31. The summed E-state index contributed by atoms with van der Waals surface area (Å²) in [6.07, 6.45) is 2.46. The van der Waals surface area contributed by atoms with Crippen molar-refractivity contribution in [1.82, 2.24) is 0 Å². The highest BCUT2D eigenvalue weighted by Crippen LogP contribution is 2.40. The number of hydrogen-bond donors (Lipinski definition) is 4. The Morgan fingerprint density at radius 2 is 0.801 bits per heavy atom. The van der Waals surface area contributed by atoms with Crippen molar-refractivity contribution in [2.45, 2.75) is 113 Å². The minimum Gasteiger partial charge on any atom is -0.497 e. The van der Waals surface area contributed by atoms with Gasteiger partial charge in [-0.3, -0.25) is 41.6 Å². The summed E-state index contributed by atoms with van der Waals surface area (Å²) >= 11 is 3.22. The third kappa shape index (κ3) is 32.7. The van der Waals surface area contributed by atoms with Crippen LogP contribution in [0, 0.1) is 33.6 Å². The number of methoxy groups -OCH3 is 9. The van der Waals surface area contributed by atoms with Gasteiger partial charge in [-0.05, 0) is 195 Å². The van der Waals surface area contributed by atoms with E-state index in [2.05, 4.69) is 34.9 Å². The van der Waals surface area contributed by atoms with E-state index in [1.807, 2.05) is 34.6 Å². The molecule has 758 valence electrons. The number of sulfonamides is 4. The fourth-order valence-corrected chi connectivity index (χ4v) is 19.1. The van der Waals surface area contributed by atoms with Gasteiger partial charge >= 0.3 is 41.8 Å². The van der Waals surface area contributed by atoms with Crippen molar-refractivity contribution in [2.75, 3.05) is 138 Å². The zero-order chi connectivity index (χ0) is 105. The normalized spacial score (nSPS) is 12.4. The smallest absolute Gasteiger partial charge is 0.340 e. The molecule has 0 aromatic heterocycles. The number of fused-ring (bicyclic) bond motifs is 2. The van der Waals surface area contributed by atoms with Gasteiger partial charge in [0.05, 0.1) is 148 Å². The molecule has 0 spiro atoms. The summed E-state index contributed by atoms with van der Waals surface area (Å²) in [4.78, 5) is 106. The highest BCUT2D eigenvalue weighted by atomic mass is 79.9. The molecule has 0 saturated heterocycles. The van der Waals surface area contributed by atoms with Crippen LogP contribution in [0.4, 0.5) is 34.1 Å². The summed E-state index contributed by atoms with van der Waals surface area (Å²) in [5.74, 6) is -2.64. The highest BCUT2D eigenvalue weighted by Gasteiger charge is 2.40. The highest BCUT2D eigenvalue weighted by molar-refractivity contribution is 9.09. The summed E-state index contributed by atoms with van der Waals surface area (Å²) in [6, 6.07) is 53.6. The number of aryl methyl sites for hydroxylation is 4. The Morgan fingerprint density at radius 3 is 1.23 bits per heavy atom. The van der Waals surface area contributed by atoms with Gasteiger partial charge in [0.15, 0.2) is 11.6 Å². The van der Waals surface area contributed by atoms with Crippen molar-refractivity contribution in [1.29, 1.82) is 0 Å². The monoisotopic (exact) mass is 2090 g/mol. The molecule has 0 aliphatic carbocycles. The van der Waals surface area contributed by atoms with Crippen molar-refractivity contribution in [3.8, 4) is 34.5 Å². The zero-order valence-corrected chi connectivity index (χ0v) is 85.8. The topological polar surface area (TPSA) is 495 Å². The number of halogens is 1. The minimum absolute atomic E-state index is 0.0275. The number of aromatic carboxylic acids is 1. The molecule has 41 heteroatoms. The zero-order valence-electron chi connectivity index (χ0n) is 80.9. The van der Waals surface area contributed by atoms with Gasteiger partial charge in [0.1, 0.15) is 40.4 Å². The van der Waals surface area contributed by atoms with Crippen LogP contribution >= 0.6 is 15.9 Å². The Labute approximate surface area is 830 Å². The number of hydrogen-bond acceptors (Lipinski definition) is 31. The summed E-state index contributed by atoms with van der Waals surface area (Å²) < 4.78 is 170. The average Bonchev–Trinajstić information content (AvgIpc) is 1.68. The Hall–Kier alpha value is -14.3. The van der Waals surface area contributed by atoms with Crippen LogP contribution in [0.25, 0.3) is 0 Å². The maximum atomic E-state index is 13.5. The van der Waals surface area contributed by atoms with E-state index in [1.54, 1.807) is 135 Å². The number of anilines is 6. The van der Waals surface area contributed by atoms with Crippen LogP contribution in [0.1, 0.15) is 150 Å². The molecule has 10 aromatic carbocycles. The van der Waals surface area contributed by atoms with Gasteiger partial charge in [0.2, 0.25) is 0 Å². The number of carbonyl (C=O) groups is 9. The molecule has 0 radical (unpaired) electrons. The van der Waals surface area contributed by atoms with Gasteiger partial charge in [-0.2, -0.15) is 0 Å². The van der Waals surface area contributed by atoms with E-state index >= 15 is 0 Å². The number of nitrogens with zero attached hydrogens (tertiary/aromatic N) is 3. The number of Topliss-reactive ketones (excluding diaryl/α,β-unsaturated/α-hetero) is 2. The molecule has 2 heterocycles. The number of benzene rings is 10. The Kier molecular flexibility index (Phi) is 45.4. The molecular weight excluding hydrogens is 1970 g/mol. The summed E-state index contributed by atoms with van der Waals surface area (Å²) in [6.45, 7) is 13.7. The van der Waals surface area contributed by atoms with Crippen molar-refractivity contribution in [2.24, 2.45) is 5.92 Å². The first kappa shape index (κ1) is 115. The summed E-state index contributed by atoms with van der Waals surface area (Å²) in [7, 11) is -2.93. The number of nitrogens with two attached hydrogens (primary N) is 2. The van der Waals surface area contributed by atoms with E-state index in [9.17, 15) is 76.8 Å². The predicted molar refractivity (Wildman–Crippen MR) is 535 cm³/mol. The molecule has 141 heavy (non-hydrogen) atoms. The van der Waals surface area contributed by atoms with E-state index in [1.165, 1.54) is 158 Å². The maximum absolute atomic E-state index is 13.5. The van der Waals surface area contributed by atoms with Crippen molar-refractivity contribution in [3.63, 3.8) is 0 Å². The Bertz CT molecular complexity index is 6470. The third-order valence-electron chi connectivity index (χ3n) is 20.7. The lowest BCUT2D eigenvalue weighted by Gasteiger charge is -2.26. The lowest BCUT2D eigenvalue weighted by Crippen LogP contribution is -2.34. The molecule has 2 aliphatic rings. The standard InChI is InChI=1S/C22H27NO7S.C21H23NO6S.C18H19NO4S.C16H17NO5S.C9H11NO3.C8H9NO3.C6H11BrO2/c1-5-30-21(24)7-6-14-23(31(26,27)18-11-8-16(2)9-12-18)20-15-17(28-3)10-13-19(20)22(25)29-4;1-4-28-21(24)18-11-12-22(29(25,26)16-8-5-14(2)6-9-16)19-13-15(27-3)7-10-17(19)20(18)23;1-13-5-8-15(9-6-13)24(21,22)19-11-3-4-18(20)16-10-7-14(23-2)12-17(16)19;1-11-4-7-13(8-5-11)23(19,20)17-15-10-12(21-2)6-9-14(15)16(18)22-3;1-12-6-3-4-7(8(10)5-6)9(11)13-2;1-12-5-2-3-6(8(10)11)7(9)4-5;1-2-9-6(8)4-3-5-7/h8-13,15H,5-7,14H2,1-4H3;5-10,13,18H,4,11-12H2,1-3H3;5-10,12H,3-4,11H2,1-2H3;4-10,17H,1-3H3;3-5H,10H2,1-2H3;2-4H,9H2,1H3,(H,10,11);2-5H2,1H3. The lowest BCUT2D eigenvalue weighted by atomic mass is 9.95. The molecule has 12 rings (SSSR count). The first-order valence-electron chi connectivity index (χ1n) is 43.5. The van der Waals surface area contributed by atoms with Crippen LogP contribution in [-0.4, -0.2) is 201 Å². The molecule has 1 atom stereocenters. The first-order chi connectivity index (χ1) is 67.0. The molecule has 36 nitrogen and oxygen atoms in total. The van der Waals surface area contributed by atoms with Crippen LogP contribution in [0.5, 0.6) is 34.5 Å². The maximum Gasteiger partial charge on any atom is 0.340 e. The molecule has 0 saturated carbocycles. The second-order valence-electron chi connectivity index (χ2n) is 30.3. The number of esters is 6. The summed E-state index contributed by atoms with van der Waals surface area (Å²) in [5, 5.41) is 9.48. The van der Waals surface area contributed by atoms with Crippen molar-refractivity contribution in [3.05, 3.63) is 262 Å². The van der Waals surface area contributed by atoms with Crippen LogP contribution in [0.3, 0.4) is 0 Å². The quantitative estimate of drug-likeness (QED) is 0.0103. The average molecular weight is 2090 g/mol. The molecule has 2 aliphatic heterocycles. The van der Waals surface area contributed by atoms with Gasteiger partial charge in [-0.15, -0.1) is 0 Å². The van der Waals surface area contributed by atoms with E-state index in [4.69, 9.17) is 59.2 Å². The van der Waals surface area contributed by atoms with E-state index in [0.717, 1.165) is 38.3 Å². The van der Waals surface area contributed by atoms with Crippen LogP contribution in [0.15, 0.2) is 226 Å². The van der Waals surface area contributed by atoms with E-state index < -0.39 is 87.6 Å². The van der Waals surface area contributed by atoms with Gasteiger partial charge in [-0.1, -0.05) is 86.7 Å². The van der Waals surface area contributed by atoms with Crippen LogP contribution in [-0.2, 0) is 82.9 Å². The lowest BCUT2D eigenvalue weighted by molar-refractivity contribution is -0.146. The Morgan fingerprint density at radius 1 is 0.433 bits per heavy atom. The molecule has 1 unspecified atom stereocenters. The number of nitrogens with one attached hydrogen (secondary N) is 1. The first-order valence-corrected chi connectivity index (χ1v) is 50.5. The number of carboxylic acid groups (broad SMARTS) is 1. The van der Waals surface area contributed by atoms with E-state index in [-0.39, 0.29) is 128 Å². The fourth-order valence-electron chi connectivity index (χ4n) is 13.2. The van der Waals surface area contributed by atoms with Gasteiger partial charge in [0, 0.05) is 103 Å². The molecule has 0 fully saturated rings. The SMILES string of the molecule is CCOC(=O)C1CCN(S(=O)(=O)c2ccc(C)cc2)c2cc(OC)ccc2C1=O.CCOC(=O)CCCBr.CCOC(=O)CCCN(c1cc(OC)ccc1C(=O)OC)S(=O)(=O)c1ccc(C)cc1.COC(=O)c1ccc(OC)cc1N.COC(=O)c1ccc(OC)cc1NS(=O)(=O)c1ccc(C)cc1.COc1ccc(C(=O)O)c(N)c1.COc1ccc2c(c1)N(S(=O)(=O)c1ccc(C)cc1)CCCC2=O. The fraction of sp³-hybridized carbons (Fsp3) is 0.310. The largest absolute Gasteiger partial charge is 0.497 e. The molecule has 0 amide bonds. The van der Waals surface area contributed by atoms with Crippen LogP contribution < -0.4 is 57.5 Å². The molecular formula is C100H117BrN6O30S4. The summed E-state index contributed by atoms with van der Waals surface area (Å²) in [5.41, 5.74) is 17.3. The predicted octanol–water partition coefficient (Wildman–Crippen LogP) is 15.8. The molecule has 6 N–H and O–H groups in total. The van der Waals surface area contributed by atoms with E-state index in [0.29, 0.717) is 82.9 Å². The van der Waals surface area contributed by atoms with Gasteiger partial charge < -0.3 is 73.4 Å². The number of alkyl halides is 1. The van der Waals surface area contributed by atoms with Gasteiger partial charge in [0.25, 0.3) is 40.1 Å². The Balaban J connectivity index is 0.000000260. The number of nitrogen functional groups attached to an aromatic ring is 2. The molecule has 10 aromatic rings. The number of ether oxygens (including phenoxy) is 12. The second-order valence-corrected chi connectivity index (χ2v) is 38.4. The molecule has 0 bridgehead atoms. The van der Waals surface area contributed by atoms with Crippen molar-refractivity contribution < 1.29 is 139 Å². The number of carboxylic acids is 1. The van der Waals surface area contributed by atoms with Crippen molar-refractivity contribution >= 4 is 143 Å². The second kappa shape index (κ2) is 55.5. The number of ketones is 2. The minimum atomic E-state index is -4.05. The van der Waals surface area contributed by atoms with Crippen LogP contribution in [0.2, 0.25) is 0 Å².